The number of halogens is 1. The van der Waals surface area contributed by atoms with Gasteiger partial charge in [0.1, 0.15) is 5.75 Å². The molecule has 2 aromatic carbocycles. The van der Waals surface area contributed by atoms with Crippen LogP contribution in [0.2, 0.25) is 5.02 Å². The maximum atomic E-state index is 6.01. The van der Waals surface area contributed by atoms with Gasteiger partial charge in [-0.15, -0.1) is 0 Å². The van der Waals surface area contributed by atoms with Crippen molar-refractivity contribution < 1.29 is 4.74 Å². The fourth-order valence-corrected chi connectivity index (χ4v) is 2.81. The molecule has 25 heavy (non-hydrogen) atoms. The monoisotopic (exact) mass is 372 g/mol. The second kappa shape index (κ2) is 8.00. The summed E-state index contributed by atoms with van der Waals surface area (Å²) in [6, 6.07) is 15.3. The number of rotatable bonds is 5. The summed E-state index contributed by atoms with van der Waals surface area (Å²) in [6.45, 7) is 0.634. The molecule has 0 unspecified atom stereocenters. The minimum absolute atomic E-state index is 0.465. The van der Waals surface area contributed by atoms with Gasteiger partial charge in [0.15, 0.2) is 5.11 Å². The molecule has 0 atom stereocenters. The summed E-state index contributed by atoms with van der Waals surface area (Å²) < 4.78 is 7.12. The van der Waals surface area contributed by atoms with E-state index in [-0.39, 0.29) is 0 Å². The summed E-state index contributed by atoms with van der Waals surface area (Å²) in [5.41, 5.74) is 2.68. The van der Waals surface area contributed by atoms with Crippen molar-refractivity contribution in [1.29, 1.82) is 0 Å². The third-order valence-electron chi connectivity index (χ3n) is 3.48. The Labute approximate surface area is 156 Å². The standard InChI is InChI=1S/C18H17ClN4OS/c1-24-17-8-3-2-7-16(17)22-18(25)21-15-10-20-23(12-15)11-13-5-4-6-14(19)9-13/h2-10,12H,11H2,1H3,(H2,21,22,25). The van der Waals surface area contributed by atoms with Gasteiger partial charge in [0.05, 0.1) is 31.2 Å². The van der Waals surface area contributed by atoms with Gasteiger partial charge in [0.25, 0.3) is 0 Å². The first-order chi connectivity index (χ1) is 12.1. The summed E-state index contributed by atoms with van der Waals surface area (Å²) >= 11 is 11.4. The second-order valence-electron chi connectivity index (χ2n) is 5.34. The maximum absolute atomic E-state index is 6.01. The SMILES string of the molecule is COc1ccccc1NC(=S)Nc1cnn(Cc2cccc(Cl)c2)c1. The molecule has 1 aromatic heterocycles. The number of para-hydroxylation sites is 2. The van der Waals surface area contributed by atoms with Crippen molar-refractivity contribution in [2.24, 2.45) is 0 Å². The topological polar surface area (TPSA) is 51.1 Å². The van der Waals surface area contributed by atoms with Crippen molar-refractivity contribution in [3.8, 4) is 5.75 Å². The van der Waals surface area contributed by atoms with Gasteiger partial charge in [-0.25, -0.2) is 0 Å². The normalized spacial score (nSPS) is 10.3. The number of aromatic nitrogens is 2. The Kier molecular flexibility index (Phi) is 5.53. The molecule has 0 fully saturated rings. The highest BCUT2D eigenvalue weighted by molar-refractivity contribution is 7.80. The number of anilines is 2. The van der Waals surface area contributed by atoms with E-state index in [1.54, 1.807) is 13.3 Å². The molecule has 0 aliphatic carbocycles. The van der Waals surface area contributed by atoms with E-state index >= 15 is 0 Å². The lowest BCUT2D eigenvalue weighted by atomic mass is 10.2. The maximum Gasteiger partial charge on any atom is 0.175 e. The molecule has 0 saturated heterocycles. The number of ether oxygens (including phenoxy) is 1. The van der Waals surface area contributed by atoms with Crippen molar-refractivity contribution in [2.45, 2.75) is 6.54 Å². The van der Waals surface area contributed by atoms with Crippen LogP contribution >= 0.6 is 23.8 Å². The number of hydrogen-bond acceptors (Lipinski definition) is 3. The van der Waals surface area contributed by atoms with E-state index in [1.165, 1.54) is 0 Å². The molecule has 0 aliphatic rings. The van der Waals surface area contributed by atoms with Crippen LogP contribution < -0.4 is 15.4 Å². The number of nitrogens with zero attached hydrogens (tertiary/aromatic N) is 2. The number of methoxy groups -OCH3 is 1. The molecule has 5 nitrogen and oxygen atoms in total. The Bertz CT molecular complexity index is 881. The van der Waals surface area contributed by atoms with Gasteiger partial charge in [-0.3, -0.25) is 4.68 Å². The van der Waals surface area contributed by atoms with Crippen LogP contribution in [-0.2, 0) is 6.54 Å². The third-order valence-corrected chi connectivity index (χ3v) is 3.92. The summed E-state index contributed by atoms with van der Waals surface area (Å²) in [5.74, 6) is 0.725. The van der Waals surface area contributed by atoms with Crippen molar-refractivity contribution in [1.82, 2.24) is 9.78 Å². The van der Waals surface area contributed by atoms with Crippen molar-refractivity contribution in [3.63, 3.8) is 0 Å². The van der Waals surface area contributed by atoms with Crippen LogP contribution in [0.1, 0.15) is 5.56 Å². The fraction of sp³-hybridized carbons (Fsp3) is 0.111. The van der Waals surface area contributed by atoms with Gasteiger partial charge < -0.3 is 15.4 Å². The Balaban J connectivity index is 1.62. The lowest BCUT2D eigenvalue weighted by Gasteiger charge is -2.12. The highest BCUT2D eigenvalue weighted by Crippen LogP contribution is 2.23. The summed E-state index contributed by atoms with van der Waals surface area (Å²) in [5, 5.41) is 11.7. The Morgan fingerprint density at radius 3 is 2.84 bits per heavy atom. The molecule has 7 heteroatoms. The minimum atomic E-state index is 0.465. The quantitative estimate of drug-likeness (QED) is 0.650. The molecule has 2 N–H and O–H groups in total. The van der Waals surface area contributed by atoms with Gasteiger partial charge in [-0.1, -0.05) is 35.9 Å². The average Bonchev–Trinajstić information content (AvgIpc) is 3.02. The van der Waals surface area contributed by atoms with Crippen LogP contribution in [0.5, 0.6) is 5.75 Å². The molecule has 128 valence electrons. The van der Waals surface area contributed by atoms with E-state index in [9.17, 15) is 0 Å². The predicted molar refractivity (Wildman–Crippen MR) is 106 cm³/mol. The summed E-state index contributed by atoms with van der Waals surface area (Å²) in [6.07, 6.45) is 3.61. The number of hydrogen-bond donors (Lipinski definition) is 2. The molecular formula is C18H17ClN4OS. The smallest absolute Gasteiger partial charge is 0.175 e. The van der Waals surface area contributed by atoms with Crippen LogP contribution in [0, 0.1) is 0 Å². The first-order valence-electron chi connectivity index (χ1n) is 7.62. The highest BCUT2D eigenvalue weighted by Gasteiger charge is 2.06. The van der Waals surface area contributed by atoms with E-state index in [0.717, 1.165) is 22.7 Å². The first kappa shape index (κ1) is 17.3. The summed E-state index contributed by atoms with van der Waals surface area (Å²) in [4.78, 5) is 0. The van der Waals surface area contributed by atoms with Crippen LogP contribution in [0.4, 0.5) is 11.4 Å². The van der Waals surface area contributed by atoms with E-state index in [0.29, 0.717) is 16.7 Å². The number of thiocarbonyl (C=S) groups is 1. The molecule has 0 aliphatic heterocycles. The van der Waals surface area contributed by atoms with Crippen molar-refractivity contribution >= 4 is 40.3 Å². The zero-order valence-corrected chi connectivity index (χ0v) is 15.1. The second-order valence-corrected chi connectivity index (χ2v) is 6.18. The zero-order valence-electron chi connectivity index (χ0n) is 13.6. The molecule has 1 heterocycles. The van der Waals surface area contributed by atoms with E-state index in [1.807, 2.05) is 59.4 Å². The highest BCUT2D eigenvalue weighted by atomic mass is 35.5. The Morgan fingerprint density at radius 1 is 1.20 bits per heavy atom. The van der Waals surface area contributed by atoms with Gasteiger partial charge in [0, 0.05) is 11.2 Å². The molecule has 3 rings (SSSR count). The molecule has 0 bridgehead atoms. The molecule has 3 aromatic rings. The lowest BCUT2D eigenvalue weighted by molar-refractivity contribution is 0.417. The van der Waals surface area contributed by atoms with Crippen molar-refractivity contribution in [3.05, 3.63) is 71.5 Å². The zero-order chi connectivity index (χ0) is 17.6. The molecule has 0 spiro atoms. The van der Waals surface area contributed by atoms with Gasteiger partial charge in [0.2, 0.25) is 0 Å². The average molecular weight is 373 g/mol. The van der Waals surface area contributed by atoms with Crippen LogP contribution in [0.3, 0.4) is 0 Å². The summed E-state index contributed by atoms with van der Waals surface area (Å²) in [7, 11) is 1.62. The van der Waals surface area contributed by atoms with Gasteiger partial charge >= 0.3 is 0 Å². The predicted octanol–water partition coefficient (Wildman–Crippen LogP) is 4.40. The van der Waals surface area contributed by atoms with Crippen LogP contribution in [0.15, 0.2) is 60.9 Å². The van der Waals surface area contributed by atoms with E-state index < -0.39 is 0 Å². The lowest BCUT2D eigenvalue weighted by Crippen LogP contribution is -2.19. The minimum Gasteiger partial charge on any atom is -0.495 e. The number of nitrogens with one attached hydrogen (secondary N) is 2. The largest absolute Gasteiger partial charge is 0.495 e. The Hall–Kier alpha value is -2.57. The molecular weight excluding hydrogens is 356 g/mol. The third kappa shape index (κ3) is 4.71. The van der Waals surface area contributed by atoms with Crippen molar-refractivity contribution in [2.75, 3.05) is 17.7 Å². The first-order valence-corrected chi connectivity index (χ1v) is 8.40. The fourth-order valence-electron chi connectivity index (χ4n) is 2.37. The van der Waals surface area contributed by atoms with E-state index in [2.05, 4.69) is 15.7 Å². The van der Waals surface area contributed by atoms with Crippen LogP contribution in [0.25, 0.3) is 0 Å². The molecule has 0 radical (unpaired) electrons. The van der Waals surface area contributed by atoms with Gasteiger partial charge in [-0.05, 0) is 42.0 Å². The van der Waals surface area contributed by atoms with E-state index in [4.69, 9.17) is 28.6 Å². The number of benzene rings is 2. The Morgan fingerprint density at radius 2 is 2.04 bits per heavy atom. The molecule has 0 amide bonds. The molecule has 0 saturated carbocycles. The van der Waals surface area contributed by atoms with Crippen LogP contribution in [-0.4, -0.2) is 22.0 Å². The van der Waals surface area contributed by atoms with Gasteiger partial charge in [-0.2, -0.15) is 5.10 Å².